The van der Waals surface area contributed by atoms with Gasteiger partial charge in [-0.25, -0.2) is 9.97 Å². The molecule has 0 unspecified atom stereocenters. The third-order valence-electron chi connectivity index (χ3n) is 3.24. The predicted molar refractivity (Wildman–Crippen MR) is 68.6 cm³/mol. The van der Waals surface area contributed by atoms with Gasteiger partial charge in [0.15, 0.2) is 0 Å². The van der Waals surface area contributed by atoms with Crippen molar-refractivity contribution < 1.29 is 0 Å². The molecular formula is C13H20N4. The molecule has 0 fully saturated rings. The summed E-state index contributed by atoms with van der Waals surface area (Å²) < 4.78 is 0. The van der Waals surface area contributed by atoms with E-state index < -0.39 is 0 Å². The van der Waals surface area contributed by atoms with Gasteiger partial charge in [0.1, 0.15) is 23.4 Å². The lowest BCUT2D eigenvalue weighted by atomic mass is 9.81. The van der Waals surface area contributed by atoms with Gasteiger partial charge in [-0.1, -0.05) is 27.7 Å². The van der Waals surface area contributed by atoms with Crippen molar-refractivity contribution in [2.75, 3.05) is 11.9 Å². The van der Waals surface area contributed by atoms with E-state index in [0.29, 0.717) is 17.4 Å². The predicted octanol–water partition coefficient (Wildman–Crippen LogP) is 2.75. The van der Waals surface area contributed by atoms with E-state index >= 15 is 0 Å². The average Bonchev–Trinajstić information content (AvgIpc) is 2.25. The number of anilines is 1. The van der Waals surface area contributed by atoms with Gasteiger partial charge < -0.3 is 5.32 Å². The van der Waals surface area contributed by atoms with E-state index in [1.807, 2.05) is 6.07 Å². The summed E-state index contributed by atoms with van der Waals surface area (Å²) in [6.07, 6.45) is 0. The van der Waals surface area contributed by atoms with Crippen LogP contribution < -0.4 is 5.32 Å². The SMILES string of the molecule is Cc1nc(C#N)cc(NCC(C)(C)C(C)C)n1. The Labute approximate surface area is 103 Å². The first kappa shape index (κ1) is 13.4. The van der Waals surface area contributed by atoms with Gasteiger partial charge >= 0.3 is 0 Å². The summed E-state index contributed by atoms with van der Waals surface area (Å²) in [5.74, 6) is 1.92. The lowest BCUT2D eigenvalue weighted by molar-refractivity contribution is 0.269. The van der Waals surface area contributed by atoms with Gasteiger partial charge in [-0.2, -0.15) is 5.26 Å². The zero-order valence-corrected chi connectivity index (χ0v) is 11.2. The van der Waals surface area contributed by atoms with Crippen LogP contribution in [-0.2, 0) is 0 Å². The molecule has 0 aromatic carbocycles. The second kappa shape index (κ2) is 5.13. The number of nitrogens with zero attached hydrogens (tertiary/aromatic N) is 3. The fourth-order valence-corrected chi connectivity index (χ4v) is 1.24. The molecular weight excluding hydrogens is 212 g/mol. The molecule has 0 saturated heterocycles. The summed E-state index contributed by atoms with van der Waals surface area (Å²) in [4.78, 5) is 8.29. The van der Waals surface area contributed by atoms with Gasteiger partial charge in [0, 0.05) is 12.6 Å². The number of hydrogen-bond donors (Lipinski definition) is 1. The van der Waals surface area contributed by atoms with Crippen molar-refractivity contribution in [3.8, 4) is 6.07 Å². The van der Waals surface area contributed by atoms with Crippen molar-refractivity contribution in [2.45, 2.75) is 34.6 Å². The average molecular weight is 232 g/mol. The Bertz CT molecular complexity index is 430. The Balaban J connectivity index is 2.77. The number of rotatable bonds is 4. The van der Waals surface area contributed by atoms with Crippen LogP contribution in [0.2, 0.25) is 0 Å². The number of nitrogens with one attached hydrogen (secondary N) is 1. The Morgan fingerprint density at radius 3 is 2.59 bits per heavy atom. The molecule has 4 nitrogen and oxygen atoms in total. The first-order valence-corrected chi connectivity index (χ1v) is 5.85. The van der Waals surface area contributed by atoms with Gasteiger partial charge in [-0.3, -0.25) is 0 Å². The van der Waals surface area contributed by atoms with Gasteiger partial charge in [-0.15, -0.1) is 0 Å². The molecule has 92 valence electrons. The molecule has 4 heteroatoms. The highest BCUT2D eigenvalue weighted by Crippen LogP contribution is 2.26. The minimum Gasteiger partial charge on any atom is -0.369 e. The number of aromatic nitrogens is 2. The molecule has 0 aliphatic carbocycles. The van der Waals surface area contributed by atoms with Crippen LogP contribution in [0.1, 0.15) is 39.2 Å². The number of aryl methyl sites for hydroxylation is 1. The molecule has 1 N–H and O–H groups in total. The summed E-state index contributed by atoms with van der Waals surface area (Å²) in [7, 11) is 0. The molecule has 0 radical (unpaired) electrons. The molecule has 0 saturated carbocycles. The van der Waals surface area contributed by atoms with Crippen molar-refractivity contribution in [1.82, 2.24) is 9.97 Å². The second-order valence-corrected chi connectivity index (χ2v) is 5.29. The highest BCUT2D eigenvalue weighted by Gasteiger charge is 2.22. The van der Waals surface area contributed by atoms with Gasteiger partial charge in [0.05, 0.1) is 0 Å². The summed E-state index contributed by atoms with van der Waals surface area (Å²) in [5.41, 5.74) is 0.591. The van der Waals surface area contributed by atoms with Gasteiger partial charge in [-0.05, 0) is 18.3 Å². The molecule has 1 aromatic heterocycles. The monoisotopic (exact) mass is 232 g/mol. The van der Waals surface area contributed by atoms with Crippen LogP contribution in [0.25, 0.3) is 0 Å². The van der Waals surface area contributed by atoms with Crippen molar-refractivity contribution in [3.05, 3.63) is 17.6 Å². The first-order chi connectivity index (χ1) is 7.85. The third kappa shape index (κ3) is 3.70. The Hall–Kier alpha value is -1.63. The Morgan fingerprint density at radius 1 is 1.41 bits per heavy atom. The number of nitriles is 1. The first-order valence-electron chi connectivity index (χ1n) is 5.85. The lowest BCUT2D eigenvalue weighted by Crippen LogP contribution is -2.28. The van der Waals surface area contributed by atoms with Gasteiger partial charge in [0.2, 0.25) is 0 Å². The molecule has 17 heavy (non-hydrogen) atoms. The zero-order valence-electron chi connectivity index (χ0n) is 11.2. The number of hydrogen-bond acceptors (Lipinski definition) is 4. The lowest BCUT2D eigenvalue weighted by Gasteiger charge is -2.29. The minimum atomic E-state index is 0.186. The molecule has 0 aliphatic rings. The fourth-order valence-electron chi connectivity index (χ4n) is 1.24. The molecule has 0 spiro atoms. The highest BCUT2D eigenvalue weighted by atomic mass is 15.0. The van der Waals surface area contributed by atoms with Crippen LogP contribution in [-0.4, -0.2) is 16.5 Å². The summed E-state index contributed by atoms with van der Waals surface area (Å²) in [6, 6.07) is 3.72. The van der Waals surface area contributed by atoms with Crippen LogP contribution in [0.5, 0.6) is 0 Å². The molecule has 0 amide bonds. The molecule has 0 atom stereocenters. The molecule has 1 heterocycles. The van der Waals surface area contributed by atoms with Crippen LogP contribution in [0.15, 0.2) is 6.07 Å². The smallest absolute Gasteiger partial charge is 0.146 e. The van der Waals surface area contributed by atoms with Crippen LogP contribution >= 0.6 is 0 Å². The molecule has 1 aromatic rings. The minimum absolute atomic E-state index is 0.186. The van der Waals surface area contributed by atoms with E-state index in [0.717, 1.165) is 12.4 Å². The Morgan fingerprint density at radius 2 is 2.06 bits per heavy atom. The largest absolute Gasteiger partial charge is 0.369 e. The van der Waals surface area contributed by atoms with Gasteiger partial charge in [0.25, 0.3) is 0 Å². The second-order valence-electron chi connectivity index (χ2n) is 5.29. The quantitative estimate of drug-likeness (QED) is 0.867. The molecule has 1 rings (SSSR count). The summed E-state index contributed by atoms with van der Waals surface area (Å²) in [5, 5.41) is 12.1. The van der Waals surface area contributed by atoms with E-state index in [1.165, 1.54) is 0 Å². The van der Waals surface area contributed by atoms with Crippen molar-refractivity contribution in [2.24, 2.45) is 11.3 Å². The third-order valence-corrected chi connectivity index (χ3v) is 3.24. The maximum absolute atomic E-state index is 8.83. The maximum Gasteiger partial charge on any atom is 0.146 e. The standard InChI is InChI=1S/C13H20N4/c1-9(2)13(4,5)8-15-12-6-11(7-14)16-10(3)17-12/h6,9H,8H2,1-5H3,(H,15,16,17). The molecule has 0 aliphatic heterocycles. The normalized spacial score (nSPS) is 11.4. The Kier molecular flexibility index (Phi) is 4.06. The van der Waals surface area contributed by atoms with E-state index in [1.54, 1.807) is 13.0 Å². The van der Waals surface area contributed by atoms with Crippen LogP contribution in [0.4, 0.5) is 5.82 Å². The van der Waals surface area contributed by atoms with Crippen molar-refractivity contribution in [1.29, 1.82) is 5.26 Å². The van der Waals surface area contributed by atoms with Crippen molar-refractivity contribution in [3.63, 3.8) is 0 Å². The van der Waals surface area contributed by atoms with Crippen molar-refractivity contribution >= 4 is 5.82 Å². The van der Waals surface area contributed by atoms with E-state index in [2.05, 4.69) is 43.0 Å². The van der Waals surface area contributed by atoms with Crippen LogP contribution in [0.3, 0.4) is 0 Å². The molecule has 0 bridgehead atoms. The van der Waals surface area contributed by atoms with E-state index in [-0.39, 0.29) is 5.41 Å². The van der Waals surface area contributed by atoms with E-state index in [9.17, 15) is 0 Å². The van der Waals surface area contributed by atoms with Crippen LogP contribution in [0, 0.1) is 29.6 Å². The maximum atomic E-state index is 8.83. The zero-order chi connectivity index (χ0) is 13.1. The summed E-state index contributed by atoms with van der Waals surface area (Å²) in [6.45, 7) is 11.4. The summed E-state index contributed by atoms with van der Waals surface area (Å²) >= 11 is 0. The highest BCUT2D eigenvalue weighted by molar-refractivity contribution is 5.40. The topological polar surface area (TPSA) is 61.6 Å². The van der Waals surface area contributed by atoms with E-state index in [4.69, 9.17) is 5.26 Å². The fraction of sp³-hybridized carbons (Fsp3) is 0.615.